The summed E-state index contributed by atoms with van der Waals surface area (Å²) in [5.41, 5.74) is 2.31. The van der Waals surface area contributed by atoms with Gasteiger partial charge in [-0.15, -0.1) is 0 Å². The third-order valence-corrected chi connectivity index (χ3v) is 5.54. The first-order valence-corrected chi connectivity index (χ1v) is 9.34. The van der Waals surface area contributed by atoms with Gasteiger partial charge < -0.3 is 4.74 Å². The van der Waals surface area contributed by atoms with Crippen molar-refractivity contribution in [3.05, 3.63) is 85.1 Å². The van der Waals surface area contributed by atoms with E-state index in [9.17, 15) is 4.79 Å². The van der Waals surface area contributed by atoms with Crippen molar-refractivity contribution in [3.63, 3.8) is 0 Å². The molecule has 4 aromatic rings. The fraction of sp³-hybridized carbons (Fsp3) is 0. The monoisotopic (exact) mass is 370 g/mol. The van der Waals surface area contributed by atoms with Crippen LogP contribution in [0, 0.1) is 0 Å². The molecule has 0 atom stereocenters. The van der Waals surface area contributed by atoms with Crippen molar-refractivity contribution in [3.8, 4) is 5.75 Å². The summed E-state index contributed by atoms with van der Waals surface area (Å²) in [6.45, 7) is 0. The van der Waals surface area contributed by atoms with Crippen LogP contribution >= 0.6 is 11.8 Å². The van der Waals surface area contributed by atoms with Gasteiger partial charge in [0, 0.05) is 21.4 Å². The lowest BCUT2D eigenvalue weighted by molar-refractivity contribution is 0.210. The molecule has 130 valence electrons. The lowest BCUT2D eigenvalue weighted by atomic mass is 10.2. The van der Waals surface area contributed by atoms with E-state index >= 15 is 0 Å². The normalized spacial score (nSPS) is 12.4. The summed E-state index contributed by atoms with van der Waals surface area (Å²) in [5, 5.41) is 0.929. The van der Waals surface area contributed by atoms with E-state index in [1.54, 1.807) is 28.9 Å². The van der Waals surface area contributed by atoms with Gasteiger partial charge in [0.25, 0.3) is 0 Å². The van der Waals surface area contributed by atoms with Crippen LogP contribution in [0.3, 0.4) is 0 Å². The van der Waals surface area contributed by atoms with Gasteiger partial charge in [-0.25, -0.2) is 9.69 Å². The molecule has 0 radical (unpaired) electrons. The standard InChI is InChI=1S/C22H14N2O2S/c25-22(26-18-11-5-7-15-8-6-14-23-21(15)18)24-16-9-1-3-12-19(16)27-20-13-4-2-10-17(20)24/h1-14H. The van der Waals surface area contributed by atoms with Crippen molar-refractivity contribution in [2.75, 3.05) is 4.90 Å². The predicted octanol–water partition coefficient (Wildman–Crippen LogP) is 6.04. The molecule has 0 saturated heterocycles. The smallest absolute Gasteiger partial charge is 0.407 e. The molecule has 0 spiro atoms. The molecule has 1 aromatic heterocycles. The number of rotatable bonds is 1. The Kier molecular flexibility index (Phi) is 3.80. The van der Waals surface area contributed by atoms with Crippen molar-refractivity contribution in [1.82, 2.24) is 4.98 Å². The van der Waals surface area contributed by atoms with Crippen LogP contribution in [0.5, 0.6) is 5.75 Å². The molecule has 5 heteroatoms. The largest absolute Gasteiger partial charge is 0.424 e. The summed E-state index contributed by atoms with van der Waals surface area (Å²) in [6.07, 6.45) is 1.25. The molecule has 3 aromatic carbocycles. The van der Waals surface area contributed by atoms with E-state index in [-0.39, 0.29) is 0 Å². The van der Waals surface area contributed by atoms with Crippen LogP contribution in [0.1, 0.15) is 0 Å². The first-order valence-electron chi connectivity index (χ1n) is 8.53. The zero-order chi connectivity index (χ0) is 18.2. The number of aromatic nitrogens is 1. The van der Waals surface area contributed by atoms with Crippen molar-refractivity contribution < 1.29 is 9.53 Å². The highest BCUT2D eigenvalue weighted by molar-refractivity contribution is 7.99. The number of ether oxygens (including phenoxy) is 1. The molecule has 0 N–H and O–H groups in total. The minimum atomic E-state index is -0.451. The third kappa shape index (κ3) is 2.73. The van der Waals surface area contributed by atoms with Crippen LogP contribution in [0.15, 0.2) is 94.9 Å². The van der Waals surface area contributed by atoms with Crippen LogP contribution in [0.25, 0.3) is 10.9 Å². The molecular weight excluding hydrogens is 356 g/mol. The zero-order valence-corrected chi connectivity index (χ0v) is 15.0. The van der Waals surface area contributed by atoms with Crippen LogP contribution in [-0.2, 0) is 0 Å². The van der Waals surface area contributed by atoms with Crippen LogP contribution in [0.2, 0.25) is 0 Å². The van der Waals surface area contributed by atoms with Gasteiger partial charge in [0.05, 0.1) is 11.4 Å². The molecule has 0 aliphatic carbocycles. The number of hydrogen-bond acceptors (Lipinski definition) is 4. The lowest BCUT2D eigenvalue weighted by Crippen LogP contribution is -2.31. The summed E-state index contributed by atoms with van der Waals surface area (Å²) in [5.74, 6) is 0.450. The van der Waals surface area contributed by atoms with Gasteiger partial charge in [-0.2, -0.15) is 0 Å². The highest BCUT2D eigenvalue weighted by Crippen LogP contribution is 2.48. The number of para-hydroxylation sites is 3. The molecule has 5 rings (SSSR count). The SMILES string of the molecule is O=C(Oc1cccc2cccnc12)N1c2ccccc2Sc2ccccc21. The molecule has 1 amide bonds. The van der Waals surface area contributed by atoms with Crippen molar-refractivity contribution >= 4 is 40.1 Å². The second-order valence-electron chi connectivity index (χ2n) is 6.07. The Labute approximate surface area is 160 Å². The van der Waals surface area contributed by atoms with Gasteiger partial charge >= 0.3 is 6.09 Å². The summed E-state index contributed by atoms with van der Waals surface area (Å²) in [4.78, 5) is 21.2. The van der Waals surface area contributed by atoms with E-state index in [2.05, 4.69) is 4.98 Å². The number of fused-ring (bicyclic) bond motifs is 3. The fourth-order valence-electron chi connectivity index (χ4n) is 3.20. The summed E-state index contributed by atoms with van der Waals surface area (Å²) >= 11 is 1.65. The van der Waals surface area contributed by atoms with E-state index in [0.717, 1.165) is 26.6 Å². The highest BCUT2D eigenvalue weighted by atomic mass is 32.2. The Bertz CT molecular complexity index is 1120. The van der Waals surface area contributed by atoms with Gasteiger partial charge in [0.2, 0.25) is 0 Å². The van der Waals surface area contributed by atoms with Gasteiger partial charge in [0.15, 0.2) is 5.75 Å². The first-order chi connectivity index (χ1) is 13.3. The van der Waals surface area contributed by atoms with Gasteiger partial charge in [-0.3, -0.25) is 4.98 Å². The van der Waals surface area contributed by atoms with Crippen molar-refractivity contribution in [1.29, 1.82) is 0 Å². The molecule has 0 bridgehead atoms. The molecular formula is C22H14N2O2S. The van der Waals surface area contributed by atoms with Crippen LogP contribution in [-0.4, -0.2) is 11.1 Å². The number of anilines is 2. The number of carbonyl (C=O) groups is 1. The number of pyridine rings is 1. The fourth-order valence-corrected chi connectivity index (χ4v) is 4.26. The molecule has 27 heavy (non-hydrogen) atoms. The average Bonchev–Trinajstić information content (AvgIpc) is 2.72. The number of hydrogen-bond donors (Lipinski definition) is 0. The minimum Gasteiger partial charge on any atom is -0.407 e. The predicted molar refractivity (Wildman–Crippen MR) is 107 cm³/mol. The highest BCUT2D eigenvalue weighted by Gasteiger charge is 2.29. The van der Waals surface area contributed by atoms with Gasteiger partial charge in [0.1, 0.15) is 5.52 Å². The van der Waals surface area contributed by atoms with Crippen molar-refractivity contribution in [2.45, 2.75) is 9.79 Å². The number of nitrogens with zero attached hydrogens (tertiary/aromatic N) is 2. The Morgan fingerprint density at radius 3 is 2.22 bits per heavy atom. The first kappa shape index (κ1) is 15.9. The third-order valence-electron chi connectivity index (χ3n) is 4.41. The van der Waals surface area contributed by atoms with E-state index < -0.39 is 6.09 Å². The van der Waals surface area contributed by atoms with E-state index in [4.69, 9.17) is 4.74 Å². The average molecular weight is 370 g/mol. The second kappa shape index (κ2) is 6.45. The minimum absolute atomic E-state index is 0.450. The van der Waals surface area contributed by atoms with Gasteiger partial charge in [-0.05, 0) is 36.4 Å². The second-order valence-corrected chi connectivity index (χ2v) is 7.16. The number of amides is 1. The Hall–Kier alpha value is -3.31. The molecule has 4 nitrogen and oxygen atoms in total. The number of carbonyl (C=O) groups excluding carboxylic acids is 1. The van der Waals surface area contributed by atoms with Crippen LogP contribution < -0.4 is 9.64 Å². The van der Waals surface area contributed by atoms with E-state index in [1.807, 2.05) is 72.8 Å². The number of benzene rings is 3. The molecule has 1 aliphatic heterocycles. The van der Waals surface area contributed by atoms with E-state index in [1.165, 1.54) is 0 Å². The van der Waals surface area contributed by atoms with Crippen LogP contribution in [0.4, 0.5) is 16.2 Å². The maximum Gasteiger partial charge on any atom is 0.424 e. The zero-order valence-electron chi connectivity index (χ0n) is 14.2. The lowest BCUT2D eigenvalue weighted by Gasteiger charge is -2.30. The maximum atomic E-state index is 13.2. The summed E-state index contributed by atoms with van der Waals surface area (Å²) in [7, 11) is 0. The molecule has 0 saturated carbocycles. The quantitative estimate of drug-likeness (QED) is 0.410. The maximum absolute atomic E-state index is 13.2. The van der Waals surface area contributed by atoms with Gasteiger partial charge in [-0.1, -0.05) is 54.2 Å². The molecule has 2 heterocycles. The Morgan fingerprint density at radius 1 is 0.815 bits per heavy atom. The molecule has 1 aliphatic rings. The van der Waals surface area contributed by atoms with Crippen molar-refractivity contribution in [2.24, 2.45) is 0 Å². The summed E-state index contributed by atoms with van der Waals surface area (Å²) < 4.78 is 5.80. The molecule has 0 unspecified atom stereocenters. The summed E-state index contributed by atoms with van der Waals surface area (Å²) in [6, 6.07) is 25.1. The molecule has 0 fully saturated rings. The Morgan fingerprint density at radius 2 is 1.48 bits per heavy atom. The van der Waals surface area contributed by atoms with E-state index in [0.29, 0.717) is 11.3 Å². The topological polar surface area (TPSA) is 42.4 Å². The Balaban J connectivity index is 1.59.